The molecule has 1 aliphatic rings. The minimum absolute atomic E-state index is 0.0505. The molecule has 4 N–H and O–H groups in total. The Morgan fingerprint density at radius 2 is 2.26 bits per heavy atom. The van der Waals surface area contributed by atoms with Crippen LogP contribution in [-0.2, 0) is 14.8 Å². The number of nitrogens with one attached hydrogen (secondary N) is 1. The molecule has 2 rings (SSSR count). The Morgan fingerprint density at radius 1 is 1.53 bits per heavy atom. The molecule has 0 radical (unpaired) electrons. The summed E-state index contributed by atoms with van der Waals surface area (Å²) >= 11 is 0. The van der Waals surface area contributed by atoms with E-state index in [1.54, 1.807) is 0 Å². The first-order chi connectivity index (χ1) is 8.82. The van der Waals surface area contributed by atoms with E-state index >= 15 is 0 Å². The molecular formula is C11H15FN2O4S. The van der Waals surface area contributed by atoms with Gasteiger partial charge in [0.25, 0.3) is 0 Å². The Balaban J connectivity index is 2.16. The van der Waals surface area contributed by atoms with E-state index in [-0.39, 0.29) is 18.8 Å². The molecular weight excluding hydrogens is 275 g/mol. The van der Waals surface area contributed by atoms with Crippen LogP contribution in [-0.4, -0.2) is 38.9 Å². The van der Waals surface area contributed by atoms with E-state index in [4.69, 9.17) is 10.5 Å². The van der Waals surface area contributed by atoms with Crippen molar-refractivity contribution < 1.29 is 22.7 Å². The van der Waals surface area contributed by atoms with Crippen LogP contribution in [0, 0.1) is 5.82 Å². The minimum Gasteiger partial charge on any atom is -0.399 e. The van der Waals surface area contributed by atoms with Crippen LogP contribution >= 0.6 is 0 Å². The lowest BCUT2D eigenvalue weighted by Crippen LogP contribution is -2.43. The fourth-order valence-electron chi connectivity index (χ4n) is 1.77. The van der Waals surface area contributed by atoms with E-state index in [2.05, 4.69) is 4.72 Å². The van der Waals surface area contributed by atoms with Gasteiger partial charge in [-0.15, -0.1) is 0 Å². The number of hydrogen-bond acceptors (Lipinski definition) is 5. The standard InChI is InChI=1S/C11H15FN2O4S/c12-9-2-1-8(13)5-10(9)19(16,17)14-6-11(15)3-4-18-7-11/h1-2,5,14-15H,3-4,6-7,13H2. The first kappa shape index (κ1) is 14.2. The number of anilines is 1. The third kappa shape index (κ3) is 3.21. The van der Waals surface area contributed by atoms with Crippen LogP contribution in [0.15, 0.2) is 23.1 Å². The molecule has 6 nitrogen and oxygen atoms in total. The van der Waals surface area contributed by atoms with E-state index in [0.29, 0.717) is 13.0 Å². The maximum atomic E-state index is 13.5. The average Bonchev–Trinajstić information content (AvgIpc) is 2.78. The van der Waals surface area contributed by atoms with Crippen molar-refractivity contribution in [2.75, 3.05) is 25.5 Å². The first-order valence-electron chi connectivity index (χ1n) is 5.67. The van der Waals surface area contributed by atoms with E-state index in [1.807, 2.05) is 0 Å². The molecule has 19 heavy (non-hydrogen) atoms. The summed E-state index contributed by atoms with van der Waals surface area (Å²) < 4.78 is 44.6. The molecule has 1 saturated heterocycles. The molecule has 1 fully saturated rings. The summed E-state index contributed by atoms with van der Waals surface area (Å²) in [6.45, 7) is 0.184. The van der Waals surface area contributed by atoms with Crippen LogP contribution in [0.2, 0.25) is 0 Å². The summed E-state index contributed by atoms with van der Waals surface area (Å²) in [5.74, 6) is -0.892. The predicted molar refractivity (Wildman–Crippen MR) is 66.4 cm³/mol. The summed E-state index contributed by atoms with van der Waals surface area (Å²) in [7, 11) is -4.06. The second kappa shape index (κ2) is 5.04. The molecule has 1 heterocycles. The smallest absolute Gasteiger partial charge is 0.243 e. The van der Waals surface area contributed by atoms with Crippen LogP contribution in [0.5, 0.6) is 0 Å². The molecule has 1 aromatic rings. The van der Waals surface area contributed by atoms with Gasteiger partial charge in [0.2, 0.25) is 10.0 Å². The maximum absolute atomic E-state index is 13.5. The summed E-state index contributed by atoms with van der Waals surface area (Å²) in [5, 5.41) is 9.95. The van der Waals surface area contributed by atoms with Gasteiger partial charge in [-0.1, -0.05) is 0 Å². The summed E-state index contributed by atoms with van der Waals surface area (Å²) in [6.07, 6.45) is 0.328. The van der Waals surface area contributed by atoms with E-state index in [0.717, 1.165) is 12.1 Å². The largest absolute Gasteiger partial charge is 0.399 e. The zero-order valence-electron chi connectivity index (χ0n) is 10.1. The predicted octanol–water partition coefficient (Wildman–Crippen LogP) is -0.162. The van der Waals surface area contributed by atoms with Gasteiger partial charge in [-0.25, -0.2) is 17.5 Å². The molecule has 0 aliphatic carbocycles. The Morgan fingerprint density at radius 3 is 2.89 bits per heavy atom. The van der Waals surface area contributed by atoms with Gasteiger partial charge in [-0.3, -0.25) is 0 Å². The fraction of sp³-hybridized carbons (Fsp3) is 0.455. The second-order valence-corrected chi connectivity index (χ2v) is 6.28. The first-order valence-corrected chi connectivity index (χ1v) is 7.16. The topological polar surface area (TPSA) is 102 Å². The van der Waals surface area contributed by atoms with Crippen LogP contribution < -0.4 is 10.5 Å². The lowest BCUT2D eigenvalue weighted by Gasteiger charge is -2.20. The van der Waals surface area contributed by atoms with Crippen molar-refractivity contribution in [3.63, 3.8) is 0 Å². The molecule has 0 spiro atoms. The Bertz CT molecular complexity index is 570. The number of ether oxygens (including phenoxy) is 1. The SMILES string of the molecule is Nc1ccc(F)c(S(=O)(=O)NCC2(O)CCOC2)c1. The fourth-order valence-corrected chi connectivity index (χ4v) is 3.00. The number of nitrogens with two attached hydrogens (primary N) is 1. The highest BCUT2D eigenvalue weighted by atomic mass is 32.2. The number of benzene rings is 1. The molecule has 1 aliphatic heterocycles. The van der Waals surface area contributed by atoms with E-state index < -0.39 is 26.3 Å². The van der Waals surface area contributed by atoms with E-state index in [1.165, 1.54) is 6.07 Å². The molecule has 0 bridgehead atoms. The van der Waals surface area contributed by atoms with Crippen molar-refractivity contribution in [3.8, 4) is 0 Å². The number of hydrogen-bond donors (Lipinski definition) is 3. The van der Waals surface area contributed by atoms with Crippen LogP contribution in [0.4, 0.5) is 10.1 Å². The highest BCUT2D eigenvalue weighted by Gasteiger charge is 2.34. The highest BCUT2D eigenvalue weighted by Crippen LogP contribution is 2.20. The van der Waals surface area contributed by atoms with Crippen molar-refractivity contribution >= 4 is 15.7 Å². The lowest BCUT2D eigenvalue weighted by atomic mass is 10.1. The number of sulfonamides is 1. The Labute approximate surface area is 110 Å². The van der Waals surface area contributed by atoms with Gasteiger partial charge in [0.1, 0.15) is 16.3 Å². The van der Waals surface area contributed by atoms with Gasteiger partial charge in [0, 0.05) is 25.3 Å². The monoisotopic (exact) mass is 290 g/mol. The normalized spacial score (nSPS) is 23.7. The number of rotatable bonds is 4. The summed E-state index contributed by atoms with van der Waals surface area (Å²) in [5.41, 5.74) is 4.34. The quantitative estimate of drug-likeness (QED) is 0.669. The van der Waals surface area contributed by atoms with Crippen molar-refractivity contribution in [1.29, 1.82) is 0 Å². The molecule has 8 heteroatoms. The van der Waals surface area contributed by atoms with Crippen molar-refractivity contribution in [3.05, 3.63) is 24.0 Å². The van der Waals surface area contributed by atoms with Gasteiger partial charge in [0.05, 0.1) is 6.61 Å². The number of halogens is 1. The number of nitrogen functional groups attached to an aromatic ring is 1. The van der Waals surface area contributed by atoms with Gasteiger partial charge in [-0.05, 0) is 18.2 Å². The number of aliphatic hydroxyl groups is 1. The maximum Gasteiger partial charge on any atom is 0.243 e. The lowest BCUT2D eigenvalue weighted by molar-refractivity contribution is 0.0314. The molecule has 1 unspecified atom stereocenters. The molecule has 106 valence electrons. The van der Waals surface area contributed by atoms with Gasteiger partial charge < -0.3 is 15.6 Å². The minimum atomic E-state index is -4.06. The van der Waals surface area contributed by atoms with Crippen molar-refractivity contribution in [2.45, 2.75) is 16.9 Å². The zero-order valence-corrected chi connectivity index (χ0v) is 10.9. The Hall–Kier alpha value is -1.22. The molecule has 0 aromatic heterocycles. The van der Waals surface area contributed by atoms with Gasteiger partial charge >= 0.3 is 0 Å². The van der Waals surface area contributed by atoms with Crippen LogP contribution in [0.25, 0.3) is 0 Å². The van der Waals surface area contributed by atoms with Gasteiger partial charge in [-0.2, -0.15) is 0 Å². The van der Waals surface area contributed by atoms with Crippen molar-refractivity contribution in [2.24, 2.45) is 0 Å². The Kier molecular flexibility index (Phi) is 3.77. The molecule has 1 aromatic carbocycles. The van der Waals surface area contributed by atoms with Crippen molar-refractivity contribution in [1.82, 2.24) is 4.72 Å². The highest BCUT2D eigenvalue weighted by molar-refractivity contribution is 7.89. The second-order valence-electron chi connectivity index (χ2n) is 4.54. The van der Waals surface area contributed by atoms with Gasteiger partial charge in [0.15, 0.2) is 0 Å². The van der Waals surface area contributed by atoms with E-state index in [9.17, 15) is 17.9 Å². The summed E-state index contributed by atoms with van der Waals surface area (Å²) in [6, 6.07) is 3.29. The molecule has 0 amide bonds. The summed E-state index contributed by atoms with van der Waals surface area (Å²) in [4.78, 5) is -0.532. The third-order valence-corrected chi connectivity index (χ3v) is 4.33. The average molecular weight is 290 g/mol. The molecule has 1 atom stereocenters. The van der Waals surface area contributed by atoms with Crippen LogP contribution in [0.3, 0.4) is 0 Å². The van der Waals surface area contributed by atoms with Crippen LogP contribution in [0.1, 0.15) is 6.42 Å². The third-order valence-electron chi connectivity index (χ3n) is 2.92. The molecule has 0 saturated carbocycles. The zero-order chi connectivity index (χ0) is 14.1.